The number of anilines is 1. The van der Waals surface area contributed by atoms with Crippen LogP contribution in [0.4, 0.5) is 5.69 Å². The van der Waals surface area contributed by atoms with Gasteiger partial charge in [0.25, 0.3) is 0 Å². The van der Waals surface area contributed by atoms with Crippen molar-refractivity contribution in [3.63, 3.8) is 0 Å². The molecule has 0 amide bonds. The van der Waals surface area contributed by atoms with Crippen LogP contribution in [0.3, 0.4) is 0 Å². The van der Waals surface area contributed by atoms with Gasteiger partial charge >= 0.3 is 0 Å². The Balaban J connectivity index is 2.27. The second-order valence-corrected chi connectivity index (χ2v) is 3.61. The van der Waals surface area contributed by atoms with Crippen molar-refractivity contribution >= 4 is 5.69 Å². The number of hydrogen-bond acceptors (Lipinski definition) is 3. The first-order valence-corrected chi connectivity index (χ1v) is 5.14. The summed E-state index contributed by atoms with van der Waals surface area (Å²) in [5, 5.41) is 8.59. The zero-order chi connectivity index (χ0) is 10.7. The SMILES string of the molecule is COc1cccc2c1N(CCC#N)CC2. The summed E-state index contributed by atoms with van der Waals surface area (Å²) in [6.07, 6.45) is 1.62. The van der Waals surface area contributed by atoms with Crippen LogP contribution >= 0.6 is 0 Å². The second kappa shape index (κ2) is 4.22. The van der Waals surface area contributed by atoms with Crippen molar-refractivity contribution in [2.75, 3.05) is 25.1 Å². The third-order valence-corrected chi connectivity index (χ3v) is 2.76. The summed E-state index contributed by atoms with van der Waals surface area (Å²) in [5.74, 6) is 0.919. The number of fused-ring (bicyclic) bond motifs is 1. The van der Waals surface area contributed by atoms with E-state index < -0.39 is 0 Å². The van der Waals surface area contributed by atoms with Gasteiger partial charge in [-0.05, 0) is 18.1 Å². The topological polar surface area (TPSA) is 36.3 Å². The monoisotopic (exact) mass is 202 g/mol. The molecule has 0 bridgehead atoms. The lowest BCUT2D eigenvalue weighted by molar-refractivity contribution is 0.415. The molecule has 1 aliphatic rings. The average molecular weight is 202 g/mol. The van der Waals surface area contributed by atoms with E-state index in [0.717, 1.165) is 25.3 Å². The van der Waals surface area contributed by atoms with Crippen LogP contribution in [0.25, 0.3) is 0 Å². The van der Waals surface area contributed by atoms with Crippen molar-refractivity contribution in [1.82, 2.24) is 0 Å². The molecule has 1 aromatic carbocycles. The predicted octanol–water partition coefficient (Wildman–Crippen LogP) is 1.97. The fourth-order valence-electron chi connectivity index (χ4n) is 2.07. The smallest absolute Gasteiger partial charge is 0.142 e. The Hall–Kier alpha value is -1.69. The van der Waals surface area contributed by atoms with Crippen molar-refractivity contribution in [1.29, 1.82) is 5.26 Å². The number of methoxy groups -OCH3 is 1. The van der Waals surface area contributed by atoms with Crippen LogP contribution in [0.15, 0.2) is 18.2 Å². The fourth-order valence-corrected chi connectivity index (χ4v) is 2.07. The maximum absolute atomic E-state index is 8.59. The minimum atomic E-state index is 0.567. The van der Waals surface area contributed by atoms with Crippen molar-refractivity contribution < 1.29 is 4.74 Å². The van der Waals surface area contributed by atoms with Gasteiger partial charge in [-0.2, -0.15) is 5.26 Å². The van der Waals surface area contributed by atoms with Gasteiger partial charge in [0.1, 0.15) is 5.75 Å². The van der Waals surface area contributed by atoms with Gasteiger partial charge in [-0.25, -0.2) is 0 Å². The van der Waals surface area contributed by atoms with Crippen molar-refractivity contribution in [2.24, 2.45) is 0 Å². The molecular formula is C12H14N2O. The first kappa shape index (κ1) is 9.85. The van der Waals surface area contributed by atoms with Crippen LogP contribution in [-0.4, -0.2) is 20.2 Å². The van der Waals surface area contributed by atoms with Gasteiger partial charge in [0.2, 0.25) is 0 Å². The largest absolute Gasteiger partial charge is 0.495 e. The second-order valence-electron chi connectivity index (χ2n) is 3.61. The molecule has 3 heteroatoms. The molecule has 0 atom stereocenters. The molecule has 0 saturated carbocycles. The summed E-state index contributed by atoms with van der Waals surface area (Å²) < 4.78 is 5.34. The molecule has 0 aromatic heterocycles. The van der Waals surface area contributed by atoms with E-state index in [-0.39, 0.29) is 0 Å². The van der Waals surface area contributed by atoms with Gasteiger partial charge in [-0.1, -0.05) is 12.1 Å². The van der Waals surface area contributed by atoms with Gasteiger partial charge < -0.3 is 9.64 Å². The molecule has 0 fully saturated rings. The zero-order valence-corrected chi connectivity index (χ0v) is 8.86. The molecule has 15 heavy (non-hydrogen) atoms. The molecule has 3 nitrogen and oxygen atoms in total. The molecule has 78 valence electrons. The minimum absolute atomic E-state index is 0.567. The van der Waals surface area contributed by atoms with E-state index in [0.29, 0.717) is 6.42 Å². The first-order valence-electron chi connectivity index (χ1n) is 5.14. The lowest BCUT2D eigenvalue weighted by Crippen LogP contribution is -2.21. The Morgan fingerprint density at radius 2 is 2.40 bits per heavy atom. The molecular weight excluding hydrogens is 188 g/mol. The minimum Gasteiger partial charge on any atom is -0.495 e. The van der Waals surface area contributed by atoms with E-state index in [1.54, 1.807) is 7.11 Å². The van der Waals surface area contributed by atoms with Crippen LogP contribution in [-0.2, 0) is 6.42 Å². The highest BCUT2D eigenvalue weighted by Crippen LogP contribution is 2.36. The highest BCUT2D eigenvalue weighted by Gasteiger charge is 2.21. The molecule has 0 spiro atoms. The number of hydrogen-bond donors (Lipinski definition) is 0. The Morgan fingerprint density at radius 1 is 1.53 bits per heavy atom. The molecule has 0 unspecified atom stereocenters. The van der Waals surface area contributed by atoms with E-state index in [4.69, 9.17) is 10.00 Å². The number of para-hydroxylation sites is 1. The van der Waals surface area contributed by atoms with Gasteiger partial charge in [0.15, 0.2) is 0 Å². The van der Waals surface area contributed by atoms with Gasteiger partial charge in [0, 0.05) is 13.1 Å². The van der Waals surface area contributed by atoms with Crippen LogP contribution in [0.2, 0.25) is 0 Å². The zero-order valence-electron chi connectivity index (χ0n) is 8.86. The van der Waals surface area contributed by atoms with E-state index in [2.05, 4.69) is 17.0 Å². The number of benzene rings is 1. The van der Waals surface area contributed by atoms with Gasteiger partial charge in [-0.3, -0.25) is 0 Å². The Bertz CT molecular complexity index is 395. The highest BCUT2D eigenvalue weighted by molar-refractivity contribution is 5.67. The molecule has 0 N–H and O–H groups in total. The van der Waals surface area contributed by atoms with Gasteiger partial charge in [0.05, 0.1) is 25.3 Å². The lowest BCUT2D eigenvalue weighted by Gasteiger charge is -2.19. The maximum Gasteiger partial charge on any atom is 0.142 e. The van der Waals surface area contributed by atoms with E-state index in [1.807, 2.05) is 12.1 Å². The van der Waals surface area contributed by atoms with Crippen LogP contribution in [0, 0.1) is 11.3 Å². The molecule has 1 aliphatic heterocycles. The van der Waals surface area contributed by atoms with Crippen molar-refractivity contribution in [3.8, 4) is 11.8 Å². The summed E-state index contributed by atoms with van der Waals surface area (Å²) in [6.45, 7) is 1.79. The standard InChI is InChI=1S/C12H14N2O/c1-15-11-5-2-4-10-6-9-14(12(10)11)8-3-7-13/h2,4-5H,3,6,8-9H2,1H3. The number of nitriles is 1. The molecule has 1 heterocycles. The quantitative estimate of drug-likeness (QED) is 0.751. The number of ether oxygens (including phenoxy) is 1. The van der Waals surface area contributed by atoms with Crippen LogP contribution < -0.4 is 9.64 Å². The number of rotatable bonds is 3. The fraction of sp³-hybridized carbons (Fsp3) is 0.417. The Labute approximate surface area is 89.9 Å². The summed E-state index contributed by atoms with van der Waals surface area (Å²) in [7, 11) is 1.69. The third-order valence-electron chi connectivity index (χ3n) is 2.76. The highest BCUT2D eigenvalue weighted by atomic mass is 16.5. The summed E-state index contributed by atoms with van der Waals surface area (Å²) >= 11 is 0. The first-order chi connectivity index (χ1) is 7.36. The molecule has 1 aromatic rings. The average Bonchev–Trinajstić information content (AvgIpc) is 2.69. The van der Waals surface area contributed by atoms with E-state index in [1.165, 1.54) is 11.3 Å². The summed E-state index contributed by atoms with van der Waals surface area (Å²) in [6, 6.07) is 8.30. The van der Waals surface area contributed by atoms with Crippen LogP contribution in [0.1, 0.15) is 12.0 Å². The summed E-state index contributed by atoms with van der Waals surface area (Å²) in [4.78, 5) is 2.23. The molecule has 0 radical (unpaired) electrons. The maximum atomic E-state index is 8.59. The van der Waals surface area contributed by atoms with E-state index in [9.17, 15) is 0 Å². The lowest BCUT2D eigenvalue weighted by atomic mass is 10.1. The Morgan fingerprint density at radius 3 is 3.13 bits per heavy atom. The van der Waals surface area contributed by atoms with Crippen molar-refractivity contribution in [2.45, 2.75) is 12.8 Å². The van der Waals surface area contributed by atoms with Gasteiger partial charge in [-0.15, -0.1) is 0 Å². The number of nitrogens with zero attached hydrogens (tertiary/aromatic N) is 2. The normalized spacial score (nSPS) is 13.5. The molecule has 0 aliphatic carbocycles. The van der Waals surface area contributed by atoms with Crippen LogP contribution in [0.5, 0.6) is 5.75 Å². The predicted molar refractivity (Wildman–Crippen MR) is 59.1 cm³/mol. The summed E-state index contributed by atoms with van der Waals surface area (Å²) in [5.41, 5.74) is 2.50. The third kappa shape index (κ3) is 1.75. The Kier molecular flexibility index (Phi) is 2.77. The van der Waals surface area contributed by atoms with Crippen molar-refractivity contribution in [3.05, 3.63) is 23.8 Å². The van der Waals surface area contributed by atoms with E-state index >= 15 is 0 Å². The molecule has 2 rings (SSSR count). The molecule has 0 saturated heterocycles.